The van der Waals surface area contributed by atoms with Crippen LogP contribution in [0.2, 0.25) is 0 Å². The van der Waals surface area contributed by atoms with Crippen LogP contribution in [-0.4, -0.2) is 53.8 Å². The summed E-state index contributed by atoms with van der Waals surface area (Å²) in [6.07, 6.45) is 1.71. The van der Waals surface area contributed by atoms with E-state index in [-0.39, 0.29) is 24.8 Å². The highest BCUT2D eigenvalue weighted by Gasteiger charge is 2.22. The summed E-state index contributed by atoms with van der Waals surface area (Å²) in [7, 11) is 0. The van der Waals surface area contributed by atoms with Gasteiger partial charge in [0.25, 0.3) is 5.91 Å². The van der Waals surface area contributed by atoms with Crippen molar-refractivity contribution < 1.29 is 14.6 Å². The summed E-state index contributed by atoms with van der Waals surface area (Å²) in [5.41, 5.74) is 0.997. The minimum Gasteiger partial charge on any atom is -0.437 e. The number of aliphatic imine (C=N–C) groups is 2. The molecule has 0 saturated heterocycles. The molecule has 26 heavy (non-hydrogen) atoms. The molecule has 0 saturated carbocycles. The molecule has 0 bridgehead atoms. The number of anilines is 2. The SMILES string of the molecule is O=C(NCCO)C1=NCCN=C1Oc1ccc(Nc2ccccn2)cc1. The third-order valence-electron chi connectivity index (χ3n) is 3.45. The maximum Gasteiger partial charge on any atom is 0.275 e. The Morgan fingerprint density at radius 1 is 1.12 bits per heavy atom. The molecular weight excluding hydrogens is 334 g/mol. The largest absolute Gasteiger partial charge is 0.437 e. The predicted molar refractivity (Wildman–Crippen MR) is 99.3 cm³/mol. The predicted octanol–water partition coefficient (Wildman–Crippen LogP) is 1.17. The zero-order valence-electron chi connectivity index (χ0n) is 14.1. The Morgan fingerprint density at radius 2 is 1.92 bits per heavy atom. The number of benzene rings is 1. The summed E-state index contributed by atoms with van der Waals surface area (Å²) in [4.78, 5) is 24.7. The van der Waals surface area contributed by atoms with Crippen LogP contribution >= 0.6 is 0 Å². The Hall–Kier alpha value is -3.26. The van der Waals surface area contributed by atoms with Crippen molar-refractivity contribution in [2.24, 2.45) is 9.98 Å². The molecule has 134 valence electrons. The first-order valence-corrected chi connectivity index (χ1v) is 8.20. The van der Waals surface area contributed by atoms with Gasteiger partial charge in [0.05, 0.1) is 19.7 Å². The number of aliphatic hydroxyl groups excluding tert-OH is 1. The molecular formula is C18H19N5O3. The number of aromatic nitrogens is 1. The molecule has 3 rings (SSSR count). The lowest BCUT2D eigenvalue weighted by Crippen LogP contribution is -2.41. The lowest BCUT2D eigenvalue weighted by atomic mass is 10.2. The molecule has 2 heterocycles. The third kappa shape index (κ3) is 4.64. The van der Waals surface area contributed by atoms with Crippen molar-refractivity contribution in [2.75, 3.05) is 31.6 Å². The third-order valence-corrected chi connectivity index (χ3v) is 3.45. The number of pyridine rings is 1. The average molecular weight is 353 g/mol. The van der Waals surface area contributed by atoms with Crippen molar-refractivity contribution in [3.05, 3.63) is 48.7 Å². The maximum absolute atomic E-state index is 12.1. The zero-order chi connectivity index (χ0) is 18.2. The first-order chi connectivity index (χ1) is 12.8. The maximum atomic E-state index is 12.1. The van der Waals surface area contributed by atoms with Crippen molar-refractivity contribution in [1.82, 2.24) is 10.3 Å². The molecule has 1 aromatic heterocycles. The van der Waals surface area contributed by atoms with Gasteiger partial charge in [0, 0.05) is 18.4 Å². The Labute approximate surface area is 150 Å². The topological polar surface area (TPSA) is 108 Å². The van der Waals surface area contributed by atoms with E-state index < -0.39 is 5.91 Å². The molecule has 1 amide bonds. The van der Waals surface area contributed by atoms with Crippen LogP contribution in [0.25, 0.3) is 0 Å². The first-order valence-electron chi connectivity index (χ1n) is 8.20. The van der Waals surface area contributed by atoms with Gasteiger partial charge in [-0.25, -0.2) is 9.98 Å². The Kier molecular flexibility index (Phi) is 5.89. The van der Waals surface area contributed by atoms with Crippen LogP contribution in [0.3, 0.4) is 0 Å². The monoisotopic (exact) mass is 353 g/mol. The molecule has 3 N–H and O–H groups in total. The number of rotatable bonds is 6. The van der Waals surface area contributed by atoms with Crippen molar-refractivity contribution in [2.45, 2.75) is 0 Å². The number of nitrogens with zero attached hydrogens (tertiary/aromatic N) is 3. The molecule has 0 spiro atoms. The number of carbonyl (C=O) groups is 1. The van der Waals surface area contributed by atoms with E-state index in [1.807, 2.05) is 30.3 Å². The van der Waals surface area contributed by atoms with Gasteiger partial charge in [0.1, 0.15) is 11.6 Å². The minimum absolute atomic E-state index is 0.139. The molecule has 0 atom stereocenters. The Morgan fingerprint density at radius 3 is 2.65 bits per heavy atom. The van der Waals surface area contributed by atoms with E-state index in [2.05, 4.69) is 25.6 Å². The van der Waals surface area contributed by atoms with E-state index in [0.29, 0.717) is 18.8 Å². The molecule has 2 aromatic rings. The Bertz CT molecular complexity index is 803. The molecule has 1 aromatic carbocycles. The van der Waals surface area contributed by atoms with Gasteiger partial charge in [-0.05, 0) is 36.4 Å². The minimum atomic E-state index is -0.411. The second-order valence-corrected chi connectivity index (χ2v) is 5.36. The van der Waals surface area contributed by atoms with E-state index >= 15 is 0 Å². The van der Waals surface area contributed by atoms with Crippen LogP contribution in [0.1, 0.15) is 0 Å². The average Bonchev–Trinajstić information content (AvgIpc) is 2.69. The molecule has 8 heteroatoms. The number of amides is 1. The smallest absolute Gasteiger partial charge is 0.275 e. The van der Waals surface area contributed by atoms with Gasteiger partial charge < -0.3 is 20.5 Å². The second kappa shape index (κ2) is 8.72. The fourth-order valence-electron chi connectivity index (χ4n) is 2.26. The highest BCUT2D eigenvalue weighted by Crippen LogP contribution is 2.19. The van der Waals surface area contributed by atoms with Crippen LogP contribution in [0.15, 0.2) is 58.6 Å². The lowest BCUT2D eigenvalue weighted by Gasteiger charge is -2.15. The summed E-state index contributed by atoms with van der Waals surface area (Å²) in [6, 6.07) is 12.8. The molecule has 0 radical (unpaired) electrons. The molecule has 8 nitrogen and oxygen atoms in total. The Balaban J connectivity index is 1.65. The van der Waals surface area contributed by atoms with Gasteiger partial charge in [-0.3, -0.25) is 9.79 Å². The van der Waals surface area contributed by atoms with Crippen LogP contribution in [-0.2, 0) is 4.79 Å². The fraction of sp³-hybridized carbons (Fsp3) is 0.222. The number of aliphatic hydroxyl groups is 1. The quantitative estimate of drug-likeness (QED) is 0.722. The molecule has 0 aliphatic carbocycles. The molecule has 1 aliphatic rings. The number of ether oxygens (including phenoxy) is 1. The van der Waals surface area contributed by atoms with Gasteiger partial charge in [-0.1, -0.05) is 6.07 Å². The van der Waals surface area contributed by atoms with E-state index in [1.54, 1.807) is 18.3 Å². The molecule has 0 fully saturated rings. The van der Waals surface area contributed by atoms with Crippen LogP contribution < -0.4 is 15.4 Å². The number of hydrogen-bond donors (Lipinski definition) is 3. The number of carbonyl (C=O) groups excluding carboxylic acids is 1. The summed E-state index contributed by atoms with van der Waals surface area (Å²) in [6.45, 7) is 0.906. The van der Waals surface area contributed by atoms with Crippen molar-refractivity contribution in [1.29, 1.82) is 0 Å². The van der Waals surface area contributed by atoms with E-state index in [4.69, 9.17) is 9.84 Å². The van der Waals surface area contributed by atoms with Crippen molar-refractivity contribution >= 4 is 29.0 Å². The molecule has 1 aliphatic heterocycles. The van der Waals surface area contributed by atoms with Crippen LogP contribution in [0.4, 0.5) is 11.5 Å². The molecule has 0 unspecified atom stereocenters. The fourth-order valence-corrected chi connectivity index (χ4v) is 2.26. The van der Waals surface area contributed by atoms with Gasteiger partial charge in [0.2, 0.25) is 5.90 Å². The normalized spacial score (nSPS) is 13.4. The summed E-state index contributed by atoms with van der Waals surface area (Å²) < 4.78 is 5.73. The summed E-state index contributed by atoms with van der Waals surface area (Å²) >= 11 is 0. The standard InChI is InChI=1S/C18H19N5O3/c24-12-11-21-17(25)16-18(22-10-9-20-16)26-14-6-4-13(5-7-14)23-15-3-1-2-8-19-15/h1-8,24H,9-12H2,(H,19,23)(H,21,25). The number of nitrogens with one attached hydrogen (secondary N) is 2. The van der Waals surface area contributed by atoms with E-state index in [0.717, 1.165) is 11.5 Å². The summed E-state index contributed by atoms with van der Waals surface area (Å²) in [5.74, 6) is 1.05. The van der Waals surface area contributed by atoms with Crippen LogP contribution in [0.5, 0.6) is 5.75 Å². The highest BCUT2D eigenvalue weighted by molar-refractivity contribution is 6.65. The second-order valence-electron chi connectivity index (χ2n) is 5.36. The van der Waals surface area contributed by atoms with Gasteiger partial charge in [-0.2, -0.15) is 0 Å². The van der Waals surface area contributed by atoms with E-state index in [9.17, 15) is 4.79 Å². The lowest BCUT2D eigenvalue weighted by molar-refractivity contribution is -0.114. The first kappa shape index (κ1) is 17.6. The highest BCUT2D eigenvalue weighted by atomic mass is 16.5. The van der Waals surface area contributed by atoms with Gasteiger partial charge in [-0.15, -0.1) is 0 Å². The van der Waals surface area contributed by atoms with E-state index in [1.165, 1.54) is 0 Å². The van der Waals surface area contributed by atoms with Crippen molar-refractivity contribution in [3.8, 4) is 5.75 Å². The van der Waals surface area contributed by atoms with Crippen LogP contribution in [0, 0.1) is 0 Å². The van der Waals surface area contributed by atoms with Gasteiger partial charge in [0.15, 0.2) is 5.71 Å². The number of hydrogen-bond acceptors (Lipinski definition) is 7. The van der Waals surface area contributed by atoms with Crippen molar-refractivity contribution in [3.63, 3.8) is 0 Å². The van der Waals surface area contributed by atoms with Gasteiger partial charge >= 0.3 is 0 Å². The summed E-state index contributed by atoms with van der Waals surface area (Å²) in [5, 5.41) is 14.6. The zero-order valence-corrected chi connectivity index (χ0v) is 14.1.